The van der Waals surface area contributed by atoms with E-state index in [1.807, 2.05) is 0 Å². The fourth-order valence-corrected chi connectivity index (χ4v) is 1.51. The molecule has 0 spiro atoms. The average Bonchev–Trinajstić information content (AvgIpc) is 2.42. The molecule has 1 aromatic heterocycles. The van der Waals surface area contributed by atoms with Crippen molar-refractivity contribution in [1.82, 2.24) is 10.3 Å². The molecule has 0 unspecified atom stereocenters. The monoisotopic (exact) mass is 251 g/mol. The van der Waals surface area contributed by atoms with Gasteiger partial charge in [-0.15, -0.1) is 0 Å². The topological polar surface area (TPSA) is 63.2 Å². The van der Waals surface area contributed by atoms with Crippen LogP contribution in [0.4, 0.5) is 5.69 Å². The maximum atomic E-state index is 11.9. The van der Waals surface area contributed by atoms with E-state index in [0.717, 1.165) is 25.1 Å². The normalized spacial score (nSPS) is 10.1. The summed E-state index contributed by atoms with van der Waals surface area (Å²) in [5.74, 6) is -0.108. The van der Waals surface area contributed by atoms with Gasteiger partial charge < -0.3 is 15.4 Å². The molecule has 1 amide bonds. The molecule has 0 aromatic carbocycles. The summed E-state index contributed by atoms with van der Waals surface area (Å²) < 4.78 is 5.34. The van der Waals surface area contributed by atoms with E-state index in [2.05, 4.69) is 22.5 Å². The van der Waals surface area contributed by atoms with E-state index in [-0.39, 0.29) is 5.91 Å². The fourth-order valence-electron chi connectivity index (χ4n) is 1.51. The summed E-state index contributed by atoms with van der Waals surface area (Å²) in [6.45, 7) is 4.14. The lowest BCUT2D eigenvalue weighted by Crippen LogP contribution is -2.26. The van der Waals surface area contributed by atoms with Gasteiger partial charge in [0, 0.05) is 44.9 Å². The van der Waals surface area contributed by atoms with Crippen LogP contribution in [-0.4, -0.2) is 37.7 Å². The van der Waals surface area contributed by atoms with Crippen molar-refractivity contribution in [3.8, 4) is 0 Å². The molecule has 100 valence electrons. The molecular formula is C13H21N3O2. The van der Waals surface area contributed by atoms with Crippen molar-refractivity contribution in [3.05, 3.63) is 24.0 Å². The SMILES string of the molecule is CCCOCCCNC(=O)c1cnccc1NC. The Morgan fingerprint density at radius 2 is 2.28 bits per heavy atom. The van der Waals surface area contributed by atoms with Gasteiger partial charge in [-0.3, -0.25) is 9.78 Å². The van der Waals surface area contributed by atoms with Crippen LogP contribution in [0.1, 0.15) is 30.1 Å². The number of rotatable bonds is 8. The molecule has 2 N–H and O–H groups in total. The third-order valence-electron chi connectivity index (χ3n) is 2.43. The second-order valence-corrected chi connectivity index (χ2v) is 3.89. The number of carbonyl (C=O) groups is 1. The molecule has 0 fully saturated rings. The van der Waals surface area contributed by atoms with Crippen molar-refractivity contribution in [1.29, 1.82) is 0 Å². The van der Waals surface area contributed by atoms with Gasteiger partial charge in [-0.25, -0.2) is 0 Å². The third-order valence-corrected chi connectivity index (χ3v) is 2.43. The molecule has 1 aromatic rings. The van der Waals surface area contributed by atoms with E-state index in [9.17, 15) is 4.79 Å². The van der Waals surface area contributed by atoms with E-state index < -0.39 is 0 Å². The number of anilines is 1. The lowest BCUT2D eigenvalue weighted by atomic mass is 10.2. The Bertz CT molecular complexity index is 369. The zero-order valence-electron chi connectivity index (χ0n) is 11.0. The predicted molar refractivity (Wildman–Crippen MR) is 71.8 cm³/mol. The summed E-state index contributed by atoms with van der Waals surface area (Å²) in [5.41, 5.74) is 1.35. The molecule has 1 rings (SSSR count). The molecular weight excluding hydrogens is 230 g/mol. The minimum absolute atomic E-state index is 0.108. The van der Waals surface area contributed by atoms with Gasteiger partial charge in [-0.2, -0.15) is 0 Å². The van der Waals surface area contributed by atoms with Crippen molar-refractivity contribution in [3.63, 3.8) is 0 Å². The summed E-state index contributed by atoms with van der Waals surface area (Å²) in [5, 5.41) is 5.82. The number of nitrogens with zero attached hydrogens (tertiary/aromatic N) is 1. The first kappa shape index (κ1) is 14.4. The minimum atomic E-state index is -0.108. The Morgan fingerprint density at radius 1 is 1.44 bits per heavy atom. The van der Waals surface area contributed by atoms with E-state index in [1.165, 1.54) is 0 Å². The van der Waals surface area contributed by atoms with Crippen molar-refractivity contribution >= 4 is 11.6 Å². The fraction of sp³-hybridized carbons (Fsp3) is 0.538. The molecule has 0 aliphatic rings. The first-order valence-electron chi connectivity index (χ1n) is 6.27. The molecule has 0 radical (unpaired) electrons. The first-order chi connectivity index (χ1) is 8.79. The quantitative estimate of drug-likeness (QED) is 0.690. The van der Waals surface area contributed by atoms with E-state index in [4.69, 9.17) is 4.74 Å². The molecule has 1 heterocycles. The number of hydrogen-bond acceptors (Lipinski definition) is 4. The lowest BCUT2D eigenvalue weighted by molar-refractivity contribution is 0.0942. The number of amides is 1. The number of nitrogens with one attached hydrogen (secondary N) is 2. The third kappa shape index (κ3) is 4.71. The van der Waals surface area contributed by atoms with Crippen LogP contribution in [0.15, 0.2) is 18.5 Å². The molecule has 0 atom stereocenters. The Kier molecular flexibility index (Phi) is 6.79. The highest BCUT2D eigenvalue weighted by Crippen LogP contribution is 2.11. The van der Waals surface area contributed by atoms with Crippen LogP contribution in [0, 0.1) is 0 Å². The van der Waals surface area contributed by atoms with Gasteiger partial charge in [0.2, 0.25) is 0 Å². The van der Waals surface area contributed by atoms with Crippen molar-refractivity contribution in [2.24, 2.45) is 0 Å². The Balaban J connectivity index is 2.32. The minimum Gasteiger partial charge on any atom is -0.387 e. The summed E-state index contributed by atoms with van der Waals surface area (Å²) in [4.78, 5) is 15.8. The molecule has 0 saturated carbocycles. The van der Waals surface area contributed by atoms with Crippen molar-refractivity contribution in [2.45, 2.75) is 19.8 Å². The van der Waals surface area contributed by atoms with Gasteiger partial charge in [0.15, 0.2) is 0 Å². The van der Waals surface area contributed by atoms with Gasteiger partial charge in [-0.1, -0.05) is 6.92 Å². The molecule has 0 bridgehead atoms. The average molecular weight is 251 g/mol. The Labute approximate surface area is 108 Å². The van der Waals surface area contributed by atoms with E-state index >= 15 is 0 Å². The Morgan fingerprint density at radius 3 is 3.00 bits per heavy atom. The predicted octanol–water partition coefficient (Wildman–Crippen LogP) is 1.67. The van der Waals surface area contributed by atoms with Gasteiger partial charge in [0.05, 0.1) is 5.56 Å². The molecule has 0 aliphatic heterocycles. The second kappa shape index (κ2) is 8.47. The molecule has 18 heavy (non-hydrogen) atoms. The zero-order valence-corrected chi connectivity index (χ0v) is 11.0. The van der Waals surface area contributed by atoms with Crippen LogP contribution in [0.3, 0.4) is 0 Å². The largest absolute Gasteiger partial charge is 0.387 e. The maximum Gasteiger partial charge on any atom is 0.254 e. The van der Waals surface area contributed by atoms with Crippen LogP contribution in [0.2, 0.25) is 0 Å². The number of carbonyl (C=O) groups excluding carboxylic acids is 1. The highest BCUT2D eigenvalue weighted by atomic mass is 16.5. The molecule has 5 heteroatoms. The standard InChI is InChI=1S/C13H21N3O2/c1-3-8-18-9-4-6-16-13(17)11-10-15-7-5-12(11)14-2/h5,7,10H,3-4,6,8-9H2,1-2H3,(H,14,15)(H,16,17). The van der Waals surface area contributed by atoms with Crippen molar-refractivity contribution < 1.29 is 9.53 Å². The molecule has 5 nitrogen and oxygen atoms in total. The zero-order chi connectivity index (χ0) is 13.2. The van der Waals surface area contributed by atoms with Crippen LogP contribution >= 0.6 is 0 Å². The lowest BCUT2D eigenvalue weighted by Gasteiger charge is -2.09. The Hall–Kier alpha value is -1.62. The number of hydrogen-bond donors (Lipinski definition) is 2. The van der Waals surface area contributed by atoms with Crippen LogP contribution in [0.25, 0.3) is 0 Å². The van der Waals surface area contributed by atoms with E-state index in [0.29, 0.717) is 18.7 Å². The van der Waals surface area contributed by atoms with Gasteiger partial charge in [0.25, 0.3) is 5.91 Å². The number of ether oxygens (including phenoxy) is 1. The van der Waals surface area contributed by atoms with Gasteiger partial charge in [-0.05, 0) is 18.9 Å². The highest BCUT2D eigenvalue weighted by Gasteiger charge is 2.09. The summed E-state index contributed by atoms with van der Waals surface area (Å²) in [6, 6.07) is 1.78. The number of pyridine rings is 1. The first-order valence-corrected chi connectivity index (χ1v) is 6.27. The number of aromatic nitrogens is 1. The van der Waals surface area contributed by atoms with E-state index in [1.54, 1.807) is 25.5 Å². The molecule has 0 saturated heterocycles. The second-order valence-electron chi connectivity index (χ2n) is 3.89. The smallest absolute Gasteiger partial charge is 0.254 e. The summed E-state index contributed by atoms with van der Waals surface area (Å²) in [7, 11) is 1.78. The van der Waals surface area contributed by atoms with Crippen molar-refractivity contribution in [2.75, 3.05) is 32.1 Å². The van der Waals surface area contributed by atoms with Crippen LogP contribution in [0.5, 0.6) is 0 Å². The van der Waals surface area contributed by atoms with Crippen LogP contribution in [-0.2, 0) is 4.74 Å². The van der Waals surface area contributed by atoms with Gasteiger partial charge in [0.1, 0.15) is 0 Å². The summed E-state index contributed by atoms with van der Waals surface area (Å²) in [6.07, 6.45) is 5.06. The van der Waals surface area contributed by atoms with Crippen LogP contribution < -0.4 is 10.6 Å². The highest BCUT2D eigenvalue weighted by molar-refractivity contribution is 5.99. The summed E-state index contributed by atoms with van der Waals surface area (Å²) >= 11 is 0. The molecule has 0 aliphatic carbocycles. The maximum absolute atomic E-state index is 11.9. The van der Waals surface area contributed by atoms with Gasteiger partial charge >= 0.3 is 0 Å².